The number of hydrogen-bond acceptors (Lipinski definition) is 3. The third-order valence-corrected chi connectivity index (χ3v) is 5.78. The van der Waals surface area contributed by atoms with E-state index in [0.29, 0.717) is 12.1 Å². The molecule has 2 N–H and O–H groups in total. The van der Waals surface area contributed by atoms with Gasteiger partial charge in [-0.15, -0.1) is 0 Å². The molecule has 0 spiro atoms. The molecule has 2 rings (SSSR count). The summed E-state index contributed by atoms with van der Waals surface area (Å²) in [6, 6.07) is 3.60. The Morgan fingerprint density at radius 3 is 2.70 bits per heavy atom. The Morgan fingerprint density at radius 2 is 2.10 bits per heavy atom. The van der Waals surface area contributed by atoms with Crippen molar-refractivity contribution in [1.82, 2.24) is 4.31 Å². The highest BCUT2D eigenvalue weighted by Crippen LogP contribution is 2.27. The maximum atomic E-state index is 13.6. The summed E-state index contributed by atoms with van der Waals surface area (Å²) in [5.41, 5.74) is 6.34. The quantitative estimate of drug-likeness (QED) is 0.929. The third kappa shape index (κ3) is 2.87. The highest BCUT2D eigenvalue weighted by molar-refractivity contribution is 7.89. The molecule has 0 aromatic heterocycles. The maximum absolute atomic E-state index is 13.6. The van der Waals surface area contributed by atoms with Gasteiger partial charge in [0.05, 0.1) is 4.90 Å². The number of halogens is 1. The van der Waals surface area contributed by atoms with E-state index in [2.05, 4.69) is 0 Å². The topological polar surface area (TPSA) is 63.4 Å². The van der Waals surface area contributed by atoms with Crippen LogP contribution in [0.1, 0.15) is 31.7 Å². The van der Waals surface area contributed by atoms with Crippen molar-refractivity contribution in [2.24, 2.45) is 5.73 Å². The van der Waals surface area contributed by atoms with Crippen molar-refractivity contribution < 1.29 is 12.8 Å². The lowest BCUT2D eigenvalue weighted by molar-refractivity contribution is 0.227. The monoisotopic (exact) mass is 300 g/mol. The largest absolute Gasteiger partial charge is 0.326 e. The predicted molar refractivity (Wildman–Crippen MR) is 76.3 cm³/mol. The lowest BCUT2D eigenvalue weighted by atomic mass is 10.00. The summed E-state index contributed by atoms with van der Waals surface area (Å²) in [6.07, 6.45) is 2.54. The molecule has 0 amide bonds. The minimum atomic E-state index is -3.68. The minimum absolute atomic E-state index is 0.00755. The summed E-state index contributed by atoms with van der Waals surface area (Å²) < 4.78 is 40.4. The second-order valence-corrected chi connectivity index (χ2v) is 7.34. The summed E-state index contributed by atoms with van der Waals surface area (Å²) in [7, 11) is -3.68. The molecule has 0 radical (unpaired) electrons. The summed E-state index contributed by atoms with van der Waals surface area (Å²) in [5, 5.41) is 0. The highest BCUT2D eigenvalue weighted by Gasteiger charge is 2.35. The molecule has 2 unspecified atom stereocenters. The van der Waals surface area contributed by atoms with Gasteiger partial charge in [0.1, 0.15) is 5.82 Å². The molecule has 1 aromatic rings. The van der Waals surface area contributed by atoms with Gasteiger partial charge in [-0.2, -0.15) is 4.31 Å². The Kier molecular flexibility index (Phi) is 4.46. The van der Waals surface area contributed by atoms with Gasteiger partial charge in [-0.3, -0.25) is 0 Å². The van der Waals surface area contributed by atoms with Crippen LogP contribution >= 0.6 is 0 Å². The van der Waals surface area contributed by atoms with Crippen molar-refractivity contribution >= 4 is 10.0 Å². The van der Waals surface area contributed by atoms with Crippen LogP contribution in [0.5, 0.6) is 0 Å². The Bertz CT molecular complexity index is 587. The van der Waals surface area contributed by atoms with E-state index in [0.717, 1.165) is 25.3 Å². The van der Waals surface area contributed by atoms with E-state index in [-0.39, 0.29) is 17.0 Å². The van der Waals surface area contributed by atoms with Gasteiger partial charge in [-0.25, -0.2) is 12.8 Å². The summed E-state index contributed by atoms with van der Waals surface area (Å²) >= 11 is 0. The zero-order valence-electron chi connectivity index (χ0n) is 11.8. The van der Waals surface area contributed by atoms with E-state index < -0.39 is 15.8 Å². The Labute approximate surface area is 119 Å². The molecule has 0 bridgehead atoms. The van der Waals surface area contributed by atoms with Gasteiger partial charge in [0.25, 0.3) is 0 Å². The number of nitrogens with zero attached hydrogens (tertiary/aromatic N) is 1. The van der Waals surface area contributed by atoms with Crippen LogP contribution in [0.4, 0.5) is 4.39 Å². The van der Waals surface area contributed by atoms with Crippen molar-refractivity contribution in [3.63, 3.8) is 0 Å². The molecule has 112 valence electrons. The Hall–Kier alpha value is -0.980. The molecular weight excluding hydrogens is 279 g/mol. The highest BCUT2D eigenvalue weighted by atomic mass is 32.2. The standard InChI is InChI=1S/C14H21FN2O2S/c1-10-6-7-12(9-13(10)15)20(18,19)17-8-4-3-5-14(17)11(2)16/h6-7,9,11,14H,3-5,8,16H2,1-2H3. The first-order chi connectivity index (χ1) is 9.34. The van der Waals surface area contributed by atoms with E-state index >= 15 is 0 Å². The van der Waals surface area contributed by atoms with Gasteiger partial charge >= 0.3 is 0 Å². The zero-order valence-corrected chi connectivity index (χ0v) is 12.7. The molecule has 1 heterocycles. The molecule has 0 aliphatic carbocycles. The molecule has 1 fully saturated rings. The van der Waals surface area contributed by atoms with Crippen molar-refractivity contribution in [2.45, 2.75) is 50.1 Å². The molecule has 1 aromatic carbocycles. The number of piperidine rings is 1. The van der Waals surface area contributed by atoms with Crippen LogP contribution in [-0.4, -0.2) is 31.4 Å². The second kappa shape index (κ2) is 5.79. The van der Waals surface area contributed by atoms with Crippen LogP contribution in [-0.2, 0) is 10.0 Å². The fourth-order valence-electron chi connectivity index (χ4n) is 2.62. The number of benzene rings is 1. The molecule has 6 heteroatoms. The first-order valence-electron chi connectivity index (χ1n) is 6.87. The number of rotatable bonds is 3. The smallest absolute Gasteiger partial charge is 0.243 e. The fraction of sp³-hybridized carbons (Fsp3) is 0.571. The maximum Gasteiger partial charge on any atom is 0.243 e. The van der Waals surface area contributed by atoms with Gasteiger partial charge in [0, 0.05) is 18.6 Å². The van der Waals surface area contributed by atoms with Crippen LogP contribution in [0.25, 0.3) is 0 Å². The predicted octanol–water partition coefficient (Wildman–Crippen LogP) is 2.02. The van der Waals surface area contributed by atoms with Crippen LogP contribution in [0.2, 0.25) is 0 Å². The molecule has 0 saturated carbocycles. The van der Waals surface area contributed by atoms with E-state index in [1.807, 2.05) is 6.92 Å². The molecule has 1 saturated heterocycles. The number of sulfonamides is 1. The third-order valence-electron chi connectivity index (χ3n) is 3.86. The minimum Gasteiger partial charge on any atom is -0.326 e. The summed E-state index contributed by atoms with van der Waals surface area (Å²) in [5.74, 6) is -0.500. The van der Waals surface area contributed by atoms with Gasteiger partial charge in [0.2, 0.25) is 10.0 Å². The Balaban J connectivity index is 2.39. The second-order valence-electron chi connectivity index (χ2n) is 5.45. The molecule has 1 aliphatic heterocycles. The van der Waals surface area contributed by atoms with Crippen molar-refractivity contribution in [2.75, 3.05) is 6.54 Å². The Morgan fingerprint density at radius 1 is 1.40 bits per heavy atom. The molecule has 4 nitrogen and oxygen atoms in total. The average molecular weight is 300 g/mol. The first-order valence-corrected chi connectivity index (χ1v) is 8.31. The van der Waals surface area contributed by atoms with Gasteiger partial charge < -0.3 is 5.73 Å². The molecule has 20 heavy (non-hydrogen) atoms. The van der Waals surface area contributed by atoms with Gasteiger partial charge in [0.15, 0.2) is 0 Å². The van der Waals surface area contributed by atoms with Crippen molar-refractivity contribution in [3.8, 4) is 0 Å². The van der Waals surface area contributed by atoms with E-state index in [4.69, 9.17) is 5.73 Å². The lowest BCUT2D eigenvalue weighted by Crippen LogP contribution is -2.51. The molecular formula is C14H21FN2O2S. The van der Waals surface area contributed by atoms with E-state index in [1.165, 1.54) is 16.4 Å². The van der Waals surface area contributed by atoms with Crippen molar-refractivity contribution in [3.05, 3.63) is 29.6 Å². The fourth-order valence-corrected chi connectivity index (χ4v) is 4.41. The number of aryl methyl sites for hydroxylation is 1. The van der Waals surface area contributed by atoms with Crippen LogP contribution < -0.4 is 5.73 Å². The van der Waals surface area contributed by atoms with Gasteiger partial charge in [-0.1, -0.05) is 12.5 Å². The van der Waals surface area contributed by atoms with Crippen LogP contribution in [0.15, 0.2) is 23.1 Å². The summed E-state index contributed by atoms with van der Waals surface area (Å²) in [6.45, 7) is 3.87. The van der Waals surface area contributed by atoms with Crippen LogP contribution in [0.3, 0.4) is 0 Å². The van der Waals surface area contributed by atoms with Crippen molar-refractivity contribution in [1.29, 1.82) is 0 Å². The zero-order chi connectivity index (χ0) is 14.9. The van der Waals surface area contributed by atoms with E-state index in [1.54, 1.807) is 6.92 Å². The average Bonchev–Trinajstić information content (AvgIpc) is 2.41. The number of hydrogen-bond donors (Lipinski definition) is 1. The van der Waals surface area contributed by atoms with Crippen LogP contribution in [0, 0.1) is 12.7 Å². The lowest BCUT2D eigenvalue weighted by Gasteiger charge is -2.36. The van der Waals surface area contributed by atoms with E-state index in [9.17, 15) is 12.8 Å². The molecule has 2 atom stereocenters. The number of nitrogens with two attached hydrogens (primary N) is 1. The first kappa shape index (κ1) is 15.4. The molecule has 1 aliphatic rings. The SMILES string of the molecule is Cc1ccc(S(=O)(=O)N2CCCCC2C(C)N)cc1F. The normalized spacial score (nSPS) is 22.7. The van der Waals surface area contributed by atoms with Gasteiger partial charge in [-0.05, 0) is 44.4 Å². The summed E-state index contributed by atoms with van der Waals surface area (Å²) in [4.78, 5) is 0.00755.